The second-order valence-corrected chi connectivity index (χ2v) is 10.9. The lowest BCUT2D eigenvalue weighted by atomic mass is 9.52. The number of aromatic nitrogens is 2. The number of hydrogen-bond acceptors (Lipinski definition) is 5. The van der Waals surface area contributed by atoms with Crippen molar-refractivity contribution in [2.45, 2.75) is 90.0 Å². The summed E-state index contributed by atoms with van der Waals surface area (Å²) in [7, 11) is 0. The summed E-state index contributed by atoms with van der Waals surface area (Å²) in [4.78, 5) is 24.7. The van der Waals surface area contributed by atoms with Crippen molar-refractivity contribution in [3.05, 3.63) is 17.8 Å². The quantitative estimate of drug-likeness (QED) is 0.600. The van der Waals surface area contributed by atoms with Gasteiger partial charge in [-0.05, 0) is 83.6 Å². The molecule has 0 saturated heterocycles. The van der Waals surface area contributed by atoms with Gasteiger partial charge in [0, 0.05) is 19.2 Å². The maximum atomic E-state index is 13.3. The minimum atomic E-state index is -0.573. The van der Waals surface area contributed by atoms with Crippen molar-refractivity contribution in [2.75, 3.05) is 0 Å². The van der Waals surface area contributed by atoms with Gasteiger partial charge in [0.25, 0.3) is 5.91 Å². The molecule has 0 aliphatic heterocycles. The molecule has 2 atom stereocenters. The predicted molar refractivity (Wildman–Crippen MR) is 121 cm³/mol. The fourth-order valence-corrected chi connectivity index (χ4v) is 6.15. The van der Waals surface area contributed by atoms with Crippen molar-refractivity contribution >= 4 is 18.0 Å². The van der Waals surface area contributed by atoms with Gasteiger partial charge in [0.05, 0.1) is 23.4 Å². The van der Waals surface area contributed by atoms with Gasteiger partial charge in [-0.25, -0.2) is 4.68 Å². The minimum Gasteiger partial charge on any atom is -0.474 e. The number of nitrogens with one attached hydrogen (secondary N) is 2. The summed E-state index contributed by atoms with van der Waals surface area (Å²) in [5.41, 5.74) is -0.705. The van der Waals surface area contributed by atoms with Gasteiger partial charge in [0.1, 0.15) is 5.56 Å². The number of aliphatic hydroxyl groups is 1. The van der Waals surface area contributed by atoms with E-state index in [1.807, 2.05) is 33.8 Å². The van der Waals surface area contributed by atoms with E-state index in [-0.39, 0.29) is 24.0 Å². The average Bonchev–Trinajstić information content (AvgIpc) is 3.02. The molecule has 0 radical (unpaired) electrons. The molecule has 4 aliphatic carbocycles. The van der Waals surface area contributed by atoms with E-state index in [1.165, 1.54) is 17.8 Å². The van der Waals surface area contributed by atoms with Crippen molar-refractivity contribution in [1.29, 1.82) is 0 Å². The number of hydrogen-bond donors (Lipinski definition) is 3. The van der Waals surface area contributed by atoms with E-state index in [2.05, 4.69) is 15.7 Å². The zero-order valence-electron chi connectivity index (χ0n) is 19.7. The molecule has 1 aromatic heterocycles. The summed E-state index contributed by atoms with van der Waals surface area (Å²) in [6, 6.07) is 0.0869. The Hall–Kier alpha value is -2.35. The fourth-order valence-electron chi connectivity index (χ4n) is 6.15. The number of nitrogens with zero attached hydrogens (tertiary/aromatic N) is 2. The molecule has 5 rings (SSSR count). The molecular weight excluding hydrogens is 408 g/mol. The number of rotatable bonds is 7. The van der Waals surface area contributed by atoms with E-state index in [0.717, 1.165) is 32.1 Å². The topological polar surface area (TPSA) is 105 Å². The molecule has 1 aromatic rings. The van der Waals surface area contributed by atoms with Crippen LogP contribution in [0.3, 0.4) is 0 Å². The van der Waals surface area contributed by atoms with Crippen LogP contribution in [0.15, 0.2) is 12.3 Å². The molecule has 32 heavy (non-hydrogen) atoms. The summed E-state index contributed by atoms with van der Waals surface area (Å²) >= 11 is 0. The first-order valence-corrected chi connectivity index (χ1v) is 11.7. The molecular formula is C24H36N4O4. The van der Waals surface area contributed by atoms with Crippen molar-refractivity contribution in [3.63, 3.8) is 0 Å². The van der Waals surface area contributed by atoms with Crippen LogP contribution >= 0.6 is 0 Å². The van der Waals surface area contributed by atoms with E-state index in [4.69, 9.17) is 4.74 Å². The van der Waals surface area contributed by atoms with Gasteiger partial charge in [-0.3, -0.25) is 9.59 Å². The maximum absolute atomic E-state index is 13.3. The van der Waals surface area contributed by atoms with Crippen LogP contribution in [0.1, 0.15) is 77.1 Å². The van der Waals surface area contributed by atoms with Gasteiger partial charge < -0.3 is 20.5 Å². The Balaban J connectivity index is 1.53. The molecule has 4 fully saturated rings. The standard InChI is InChI=1S/C24H36N4O4/c1-14(2)32-22-19(13-25-28(22)7-6-23(4,5)27-15(3)29)21(30)26-20-17-8-16-9-18(20)12-24(31,10-16)11-17/h6-7,13-14,16-18,20,31H,8-12H2,1-5H3,(H,26,30)(H,27,29)/b7-6+. The summed E-state index contributed by atoms with van der Waals surface area (Å²) < 4.78 is 7.51. The van der Waals surface area contributed by atoms with Crippen LogP contribution in [0.2, 0.25) is 0 Å². The summed E-state index contributed by atoms with van der Waals surface area (Å²) in [5, 5.41) is 21.3. The molecule has 8 heteroatoms. The highest BCUT2D eigenvalue weighted by atomic mass is 16.5. The third-order valence-corrected chi connectivity index (χ3v) is 7.01. The molecule has 4 aliphatic rings. The van der Waals surface area contributed by atoms with E-state index in [0.29, 0.717) is 29.2 Å². The summed E-state index contributed by atoms with van der Waals surface area (Å²) in [5.74, 6) is 1.32. The number of carbonyl (C=O) groups excluding carboxylic acids is 2. The van der Waals surface area contributed by atoms with Gasteiger partial charge in [-0.15, -0.1) is 0 Å². The first kappa shape index (κ1) is 22.8. The molecule has 176 valence electrons. The van der Waals surface area contributed by atoms with Gasteiger partial charge in [-0.2, -0.15) is 5.10 Å². The Labute approximate surface area is 189 Å². The van der Waals surface area contributed by atoms with Gasteiger partial charge >= 0.3 is 0 Å². The van der Waals surface area contributed by atoms with Gasteiger partial charge in [-0.1, -0.05) is 0 Å². The average molecular weight is 445 g/mol. The third kappa shape index (κ3) is 4.70. The minimum absolute atomic E-state index is 0.0869. The molecule has 8 nitrogen and oxygen atoms in total. The van der Waals surface area contributed by atoms with E-state index < -0.39 is 11.1 Å². The lowest BCUT2D eigenvalue weighted by Gasteiger charge is -2.58. The van der Waals surface area contributed by atoms with Crippen molar-refractivity contribution < 1.29 is 19.4 Å². The van der Waals surface area contributed by atoms with Crippen LogP contribution in [0, 0.1) is 17.8 Å². The molecule has 4 bridgehead atoms. The van der Waals surface area contributed by atoms with Crippen LogP contribution in [-0.2, 0) is 4.79 Å². The highest BCUT2D eigenvalue weighted by Crippen LogP contribution is 2.55. The Morgan fingerprint density at radius 2 is 1.94 bits per heavy atom. The van der Waals surface area contributed by atoms with Gasteiger partial charge in [0.15, 0.2) is 0 Å². The zero-order chi connectivity index (χ0) is 23.3. The van der Waals surface area contributed by atoms with E-state index >= 15 is 0 Å². The van der Waals surface area contributed by atoms with Crippen molar-refractivity contribution in [1.82, 2.24) is 20.4 Å². The number of ether oxygens (including phenoxy) is 1. The van der Waals surface area contributed by atoms with Crippen molar-refractivity contribution in [3.8, 4) is 5.88 Å². The van der Waals surface area contributed by atoms with Crippen LogP contribution in [0.5, 0.6) is 5.88 Å². The van der Waals surface area contributed by atoms with Crippen molar-refractivity contribution in [2.24, 2.45) is 17.8 Å². The van der Waals surface area contributed by atoms with Crippen LogP contribution in [0.25, 0.3) is 6.20 Å². The third-order valence-electron chi connectivity index (χ3n) is 7.01. The van der Waals surface area contributed by atoms with Gasteiger partial charge in [0.2, 0.25) is 11.8 Å². The molecule has 2 amide bonds. The second-order valence-electron chi connectivity index (χ2n) is 10.9. The fraction of sp³-hybridized carbons (Fsp3) is 0.708. The highest BCUT2D eigenvalue weighted by Gasteiger charge is 2.55. The van der Waals surface area contributed by atoms with E-state index in [9.17, 15) is 14.7 Å². The summed E-state index contributed by atoms with van der Waals surface area (Å²) in [6.07, 6.45) is 9.56. The Bertz CT molecular complexity index is 903. The molecule has 2 unspecified atom stereocenters. The Kier molecular flexibility index (Phi) is 5.86. The summed E-state index contributed by atoms with van der Waals surface area (Å²) in [6.45, 7) is 9.05. The molecule has 1 heterocycles. The largest absolute Gasteiger partial charge is 0.474 e. The normalized spacial score (nSPS) is 31.3. The Morgan fingerprint density at radius 3 is 2.50 bits per heavy atom. The maximum Gasteiger partial charge on any atom is 0.258 e. The highest BCUT2D eigenvalue weighted by molar-refractivity contribution is 5.96. The number of amides is 2. The monoisotopic (exact) mass is 444 g/mol. The first-order chi connectivity index (χ1) is 14.9. The smallest absolute Gasteiger partial charge is 0.258 e. The molecule has 0 spiro atoms. The zero-order valence-corrected chi connectivity index (χ0v) is 19.7. The van der Waals surface area contributed by atoms with E-state index in [1.54, 1.807) is 6.20 Å². The Morgan fingerprint density at radius 1 is 1.28 bits per heavy atom. The van der Waals surface area contributed by atoms with Crippen LogP contribution < -0.4 is 15.4 Å². The second kappa shape index (κ2) is 8.21. The number of carbonyl (C=O) groups is 2. The first-order valence-electron chi connectivity index (χ1n) is 11.7. The lowest BCUT2D eigenvalue weighted by molar-refractivity contribution is -0.137. The molecule has 4 saturated carbocycles. The SMILES string of the molecule is CC(=O)NC(C)(C)/C=C/n1ncc(C(=O)NC2C3CC4CC2CC(O)(C4)C3)c1OC(C)C. The van der Waals surface area contributed by atoms with Crippen LogP contribution in [-0.4, -0.2) is 50.0 Å². The lowest BCUT2D eigenvalue weighted by Crippen LogP contribution is -2.61. The molecule has 3 N–H and O–H groups in total. The van der Waals surface area contributed by atoms with Crippen LogP contribution in [0.4, 0.5) is 0 Å². The predicted octanol–water partition coefficient (Wildman–Crippen LogP) is 2.73. The molecule has 0 aromatic carbocycles.